The van der Waals surface area contributed by atoms with Gasteiger partial charge in [0.25, 0.3) is 5.91 Å². The molecule has 2 amide bonds. The molecule has 0 spiro atoms. The first-order chi connectivity index (χ1) is 18.0. The summed E-state index contributed by atoms with van der Waals surface area (Å²) < 4.78 is 1.85. The van der Waals surface area contributed by atoms with Gasteiger partial charge in [0.1, 0.15) is 5.00 Å². The minimum absolute atomic E-state index is 0.146. The molecule has 0 atom stereocenters. The summed E-state index contributed by atoms with van der Waals surface area (Å²) in [5.74, 6) is 0.520. The van der Waals surface area contributed by atoms with Gasteiger partial charge in [0.2, 0.25) is 5.91 Å². The molecule has 0 aliphatic heterocycles. The van der Waals surface area contributed by atoms with Crippen LogP contribution in [-0.2, 0) is 31.2 Å². The molecule has 2 N–H and O–H groups in total. The van der Waals surface area contributed by atoms with E-state index >= 15 is 0 Å². The van der Waals surface area contributed by atoms with Gasteiger partial charge in [-0.3, -0.25) is 9.59 Å². The number of carbonyl (C=O) groups is 2. The van der Waals surface area contributed by atoms with Gasteiger partial charge in [0.05, 0.1) is 11.3 Å². The van der Waals surface area contributed by atoms with E-state index in [2.05, 4.69) is 20.8 Å². The van der Waals surface area contributed by atoms with Crippen LogP contribution in [0.2, 0.25) is 5.02 Å². The first-order valence-electron chi connectivity index (χ1n) is 12.0. The van der Waals surface area contributed by atoms with E-state index in [-0.39, 0.29) is 17.6 Å². The van der Waals surface area contributed by atoms with Crippen LogP contribution in [0.4, 0.5) is 5.00 Å². The number of nitrogens with zero attached hydrogens (tertiary/aromatic N) is 3. The fraction of sp³-hybridized carbons (Fsp3) is 0.259. The third kappa shape index (κ3) is 5.89. The molecule has 0 radical (unpaired) electrons. The summed E-state index contributed by atoms with van der Waals surface area (Å²) >= 11 is 8.82. The second-order valence-corrected chi connectivity index (χ2v) is 11.3. The van der Waals surface area contributed by atoms with Gasteiger partial charge in [-0.2, -0.15) is 0 Å². The van der Waals surface area contributed by atoms with E-state index in [4.69, 9.17) is 11.6 Å². The Morgan fingerprint density at radius 2 is 1.81 bits per heavy atom. The highest BCUT2D eigenvalue weighted by atomic mass is 35.5. The molecule has 7 nitrogen and oxygen atoms in total. The van der Waals surface area contributed by atoms with Crippen molar-refractivity contribution in [3.05, 3.63) is 81.2 Å². The molecule has 5 rings (SSSR count). The maximum Gasteiger partial charge on any atom is 0.254 e. The van der Waals surface area contributed by atoms with Crippen molar-refractivity contribution in [2.45, 2.75) is 37.4 Å². The highest BCUT2D eigenvalue weighted by Gasteiger charge is 2.26. The molecule has 10 heteroatoms. The average molecular weight is 552 g/mol. The number of aromatic nitrogens is 3. The van der Waals surface area contributed by atoms with Crippen molar-refractivity contribution >= 4 is 51.5 Å². The van der Waals surface area contributed by atoms with E-state index in [9.17, 15) is 9.59 Å². The van der Waals surface area contributed by atoms with Gasteiger partial charge in [0.15, 0.2) is 11.0 Å². The van der Waals surface area contributed by atoms with Gasteiger partial charge in [-0.25, -0.2) is 0 Å². The standard InChI is InChI=1S/C27H26ClN5O2S2/c1-33-24(18-11-13-19(28)14-12-18)31-32-27(33)36-16-22(34)30-26-23(20-9-5-6-10-21(20)37-26)25(35)29-15-17-7-3-2-4-8-17/h2-4,7-8,11-14H,5-6,9-10,15-16H2,1H3,(H,29,35)(H,30,34). The van der Waals surface area contributed by atoms with Crippen LogP contribution in [0.1, 0.15) is 39.2 Å². The van der Waals surface area contributed by atoms with Crippen molar-refractivity contribution in [3.8, 4) is 11.4 Å². The highest BCUT2D eigenvalue weighted by Crippen LogP contribution is 2.38. The lowest BCUT2D eigenvalue weighted by atomic mass is 9.95. The molecule has 37 heavy (non-hydrogen) atoms. The van der Waals surface area contributed by atoms with E-state index in [1.165, 1.54) is 28.0 Å². The Hall–Kier alpha value is -3.14. The number of hydrogen-bond acceptors (Lipinski definition) is 6. The number of carbonyl (C=O) groups excluding carboxylic acids is 2. The fourth-order valence-corrected chi connectivity index (χ4v) is 6.48. The lowest BCUT2D eigenvalue weighted by Crippen LogP contribution is -2.25. The Morgan fingerprint density at radius 3 is 2.59 bits per heavy atom. The molecule has 1 aliphatic carbocycles. The molecule has 2 aromatic heterocycles. The molecular formula is C27H26ClN5O2S2. The van der Waals surface area contributed by atoms with Crippen LogP contribution >= 0.6 is 34.7 Å². The Kier molecular flexibility index (Phi) is 7.93. The summed E-state index contributed by atoms with van der Waals surface area (Å²) in [5.41, 5.74) is 3.61. The largest absolute Gasteiger partial charge is 0.348 e. The van der Waals surface area contributed by atoms with Crippen molar-refractivity contribution in [2.24, 2.45) is 7.05 Å². The number of rotatable bonds is 8. The first-order valence-corrected chi connectivity index (χ1v) is 14.2. The van der Waals surface area contributed by atoms with Gasteiger partial charge >= 0.3 is 0 Å². The molecule has 0 fully saturated rings. The SMILES string of the molecule is Cn1c(SCC(=O)Nc2sc3c(c2C(=O)NCc2ccccc2)CCCC3)nnc1-c1ccc(Cl)cc1. The van der Waals surface area contributed by atoms with E-state index in [1.54, 1.807) is 12.1 Å². The zero-order valence-electron chi connectivity index (χ0n) is 20.3. The Labute approximate surface area is 228 Å². The number of halogens is 1. The minimum atomic E-state index is -0.184. The van der Waals surface area contributed by atoms with Crippen LogP contribution in [0, 0.1) is 0 Å². The first kappa shape index (κ1) is 25.5. The van der Waals surface area contributed by atoms with Crippen molar-refractivity contribution in [1.29, 1.82) is 0 Å². The second kappa shape index (κ2) is 11.5. The molecule has 0 saturated heterocycles. The molecule has 0 saturated carbocycles. The predicted molar refractivity (Wildman–Crippen MR) is 149 cm³/mol. The number of aryl methyl sites for hydroxylation is 1. The molecular weight excluding hydrogens is 526 g/mol. The Morgan fingerprint density at radius 1 is 1.05 bits per heavy atom. The summed E-state index contributed by atoms with van der Waals surface area (Å²) in [5, 5.41) is 16.5. The number of amides is 2. The van der Waals surface area contributed by atoms with Crippen LogP contribution in [0.3, 0.4) is 0 Å². The molecule has 0 bridgehead atoms. The molecule has 0 unspecified atom stereocenters. The summed E-state index contributed by atoms with van der Waals surface area (Å²) in [4.78, 5) is 27.4. The van der Waals surface area contributed by atoms with Crippen LogP contribution in [0.5, 0.6) is 0 Å². The number of thiophene rings is 1. The van der Waals surface area contributed by atoms with Crippen LogP contribution < -0.4 is 10.6 Å². The van der Waals surface area contributed by atoms with Crippen LogP contribution in [-0.4, -0.2) is 32.3 Å². The summed E-state index contributed by atoms with van der Waals surface area (Å²) in [7, 11) is 1.87. The van der Waals surface area contributed by atoms with Crippen molar-refractivity contribution in [2.75, 3.05) is 11.1 Å². The van der Waals surface area contributed by atoms with Gasteiger partial charge in [-0.1, -0.05) is 53.7 Å². The van der Waals surface area contributed by atoms with Crippen molar-refractivity contribution < 1.29 is 9.59 Å². The number of thioether (sulfide) groups is 1. The van der Waals surface area contributed by atoms with Gasteiger partial charge < -0.3 is 15.2 Å². The minimum Gasteiger partial charge on any atom is -0.348 e. The zero-order chi connectivity index (χ0) is 25.8. The van der Waals surface area contributed by atoms with Crippen LogP contribution in [0.15, 0.2) is 59.8 Å². The monoisotopic (exact) mass is 551 g/mol. The normalized spacial score (nSPS) is 12.7. The highest BCUT2D eigenvalue weighted by molar-refractivity contribution is 7.99. The summed E-state index contributed by atoms with van der Waals surface area (Å²) in [6.07, 6.45) is 3.95. The van der Waals surface area contributed by atoms with Gasteiger partial charge in [0, 0.05) is 29.1 Å². The van der Waals surface area contributed by atoms with Gasteiger partial charge in [-0.05, 0) is 61.1 Å². The van der Waals surface area contributed by atoms with E-state index < -0.39 is 0 Å². The topological polar surface area (TPSA) is 88.9 Å². The maximum absolute atomic E-state index is 13.2. The number of anilines is 1. The van der Waals surface area contributed by atoms with E-state index in [0.29, 0.717) is 33.1 Å². The Balaban J connectivity index is 1.27. The third-order valence-electron chi connectivity index (χ3n) is 6.22. The molecule has 2 heterocycles. The van der Waals surface area contributed by atoms with E-state index in [1.807, 2.05) is 54.1 Å². The van der Waals surface area contributed by atoms with E-state index in [0.717, 1.165) is 42.4 Å². The molecule has 4 aromatic rings. The second-order valence-electron chi connectivity index (χ2n) is 8.79. The smallest absolute Gasteiger partial charge is 0.254 e. The number of benzene rings is 2. The lowest BCUT2D eigenvalue weighted by molar-refractivity contribution is -0.113. The molecule has 2 aromatic carbocycles. The van der Waals surface area contributed by atoms with Gasteiger partial charge in [-0.15, -0.1) is 21.5 Å². The van der Waals surface area contributed by atoms with Crippen molar-refractivity contribution in [3.63, 3.8) is 0 Å². The maximum atomic E-state index is 13.2. The summed E-state index contributed by atoms with van der Waals surface area (Å²) in [6.45, 7) is 0.440. The zero-order valence-corrected chi connectivity index (χ0v) is 22.7. The van der Waals surface area contributed by atoms with Crippen molar-refractivity contribution in [1.82, 2.24) is 20.1 Å². The van der Waals surface area contributed by atoms with Crippen LogP contribution in [0.25, 0.3) is 11.4 Å². The number of nitrogens with one attached hydrogen (secondary N) is 2. The fourth-order valence-electron chi connectivity index (χ4n) is 4.34. The third-order valence-corrected chi connectivity index (χ3v) is 8.70. The molecule has 190 valence electrons. The quantitative estimate of drug-likeness (QED) is 0.273. The Bertz CT molecular complexity index is 1420. The average Bonchev–Trinajstić information content (AvgIpc) is 3.46. The lowest BCUT2D eigenvalue weighted by Gasteiger charge is -2.13. The number of fused-ring (bicyclic) bond motifs is 1. The number of hydrogen-bond donors (Lipinski definition) is 2. The predicted octanol–water partition coefficient (Wildman–Crippen LogP) is 5.74. The summed E-state index contributed by atoms with van der Waals surface area (Å²) in [6, 6.07) is 17.2. The molecule has 1 aliphatic rings.